The Bertz CT molecular complexity index is 481. The zero-order chi connectivity index (χ0) is 13.1. The normalized spacial score (nSPS) is 18.9. The van der Waals surface area contributed by atoms with Crippen LogP contribution >= 0.6 is 0 Å². The molecule has 6 heteroatoms. The van der Waals surface area contributed by atoms with E-state index in [0.29, 0.717) is 13.1 Å². The molecule has 0 bridgehead atoms. The summed E-state index contributed by atoms with van der Waals surface area (Å²) < 4.78 is 26.8. The van der Waals surface area contributed by atoms with Crippen molar-refractivity contribution in [3.05, 3.63) is 24.5 Å². The molecule has 0 aromatic carbocycles. The summed E-state index contributed by atoms with van der Waals surface area (Å²) in [6, 6.07) is 3.15. The van der Waals surface area contributed by atoms with Crippen LogP contribution in [0.3, 0.4) is 0 Å². The second kappa shape index (κ2) is 5.34. The minimum Gasteiger partial charge on any atom is -0.330 e. The van der Waals surface area contributed by atoms with Gasteiger partial charge in [-0.3, -0.25) is 4.98 Å². The third kappa shape index (κ3) is 2.88. The molecule has 100 valence electrons. The fourth-order valence-corrected chi connectivity index (χ4v) is 3.54. The second-order valence-electron chi connectivity index (χ2n) is 4.92. The van der Waals surface area contributed by atoms with Crippen LogP contribution in [0, 0.1) is 5.41 Å². The summed E-state index contributed by atoms with van der Waals surface area (Å²) in [7, 11) is -3.46. The van der Waals surface area contributed by atoms with Gasteiger partial charge in [0.05, 0.1) is 0 Å². The van der Waals surface area contributed by atoms with Crippen LogP contribution in [-0.4, -0.2) is 26.5 Å². The van der Waals surface area contributed by atoms with Crippen LogP contribution in [0.15, 0.2) is 29.4 Å². The maximum absolute atomic E-state index is 12.1. The first-order chi connectivity index (χ1) is 8.58. The monoisotopic (exact) mass is 269 g/mol. The molecule has 3 N–H and O–H groups in total. The van der Waals surface area contributed by atoms with Gasteiger partial charge in [0.2, 0.25) is 10.0 Å². The molecule has 1 fully saturated rings. The van der Waals surface area contributed by atoms with E-state index in [1.807, 2.05) is 0 Å². The van der Waals surface area contributed by atoms with Crippen molar-refractivity contribution in [1.29, 1.82) is 0 Å². The summed E-state index contributed by atoms with van der Waals surface area (Å²) in [5.74, 6) is 0. The van der Waals surface area contributed by atoms with Crippen molar-refractivity contribution in [3.8, 4) is 0 Å². The Morgan fingerprint density at radius 2 is 2.11 bits per heavy atom. The van der Waals surface area contributed by atoms with Crippen molar-refractivity contribution in [2.75, 3.05) is 13.1 Å². The largest absolute Gasteiger partial charge is 0.330 e. The second-order valence-corrected chi connectivity index (χ2v) is 6.69. The number of pyridine rings is 1. The van der Waals surface area contributed by atoms with Gasteiger partial charge in [-0.2, -0.15) is 0 Å². The molecule has 1 saturated carbocycles. The Morgan fingerprint density at radius 1 is 1.39 bits per heavy atom. The Labute approximate surface area is 108 Å². The lowest BCUT2D eigenvalue weighted by molar-refractivity contribution is 0.309. The molecule has 1 aliphatic rings. The van der Waals surface area contributed by atoms with Gasteiger partial charge in [0, 0.05) is 18.9 Å². The molecular weight excluding hydrogens is 250 g/mol. The number of nitrogens with zero attached hydrogens (tertiary/aromatic N) is 1. The predicted octanol–water partition coefficient (Wildman–Crippen LogP) is 0.879. The smallest absolute Gasteiger partial charge is 0.242 e. The summed E-state index contributed by atoms with van der Waals surface area (Å²) in [6.07, 6.45) is 7.17. The molecule has 2 rings (SSSR count). The van der Waals surface area contributed by atoms with E-state index in [4.69, 9.17) is 5.73 Å². The molecule has 0 spiro atoms. The molecular formula is C12H19N3O2S. The average Bonchev–Trinajstić information content (AvgIpc) is 2.87. The van der Waals surface area contributed by atoms with Crippen LogP contribution < -0.4 is 10.5 Å². The first-order valence-electron chi connectivity index (χ1n) is 6.18. The zero-order valence-corrected chi connectivity index (χ0v) is 11.1. The minimum atomic E-state index is -3.46. The van der Waals surface area contributed by atoms with E-state index < -0.39 is 10.0 Å². The van der Waals surface area contributed by atoms with Crippen molar-refractivity contribution in [2.24, 2.45) is 11.1 Å². The Balaban J connectivity index is 2.06. The van der Waals surface area contributed by atoms with Crippen LogP contribution in [0.5, 0.6) is 0 Å². The topological polar surface area (TPSA) is 85.1 Å². The van der Waals surface area contributed by atoms with Crippen LogP contribution in [0.2, 0.25) is 0 Å². The first-order valence-corrected chi connectivity index (χ1v) is 7.66. The summed E-state index contributed by atoms with van der Waals surface area (Å²) in [4.78, 5) is 4.03. The highest BCUT2D eigenvalue weighted by Crippen LogP contribution is 2.36. The van der Waals surface area contributed by atoms with Gasteiger partial charge in [-0.25, -0.2) is 13.1 Å². The summed E-state index contributed by atoms with van der Waals surface area (Å²) in [6.45, 7) is 0.948. The molecule has 0 aliphatic heterocycles. The van der Waals surface area contributed by atoms with Gasteiger partial charge < -0.3 is 5.73 Å². The number of hydrogen-bond donors (Lipinski definition) is 2. The zero-order valence-electron chi connectivity index (χ0n) is 10.3. The van der Waals surface area contributed by atoms with Crippen molar-refractivity contribution >= 4 is 10.0 Å². The predicted molar refractivity (Wildman–Crippen MR) is 69.4 cm³/mol. The van der Waals surface area contributed by atoms with E-state index in [1.54, 1.807) is 18.3 Å². The van der Waals surface area contributed by atoms with Gasteiger partial charge >= 0.3 is 0 Å². The highest BCUT2D eigenvalue weighted by atomic mass is 32.2. The van der Waals surface area contributed by atoms with Crippen LogP contribution in [-0.2, 0) is 10.0 Å². The van der Waals surface area contributed by atoms with E-state index in [-0.39, 0.29) is 10.3 Å². The highest BCUT2D eigenvalue weighted by molar-refractivity contribution is 7.89. The molecule has 0 atom stereocenters. The van der Waals surface area contributed by atoms with E-state index in [2.05, 4.69) is 9.71 Å². The van der Waals surface area contributed by atoms with Gasteiger partial charge in [0.1, 0.15) is 4.90 Å². The molecule has 0 amide bonds. The molecule has 1 aromatic rings. The standard InChI is InChI=1S/C12H19N3O2S/c13-9-12(5-1-2-6-12)10-15-18(16,17)11-4-3-7-14-8-11/h3-4,7-8,15H,1-2,5-6,9-10,13H2. The van der Waals surface area contributed by atoms with E-state index in [0.717, 1.165) is 25.7 Å². The first kappa shape index (κ1) is 13.5. The summed E-state index contributed by atoms with van der Waals surface area (Å²) in [5, 5.41) is 0. The minimum absolute atomic E-state index is 0.0602. The van der Waals surface area contributed by atoms with E-state index >= 15 is 0 Å². The fraction of sp³-hybridized carbons (Fsp3) is 0.583. The molecule has 18 heavy (non-hydrogen) atoms. The Kier molecular flexibility index (Phi) is 3.99. The molecule has 1 heterocycles. The molecule has 5 nitrogen and oxygen atoms in total. The van der Waals surface area contributed by atoms with E-state index in [9.17, 15) is 8.42 Å². The lowest BCUT2D eigenvalue weighted by Gasteiger charge is -2.27. The van der Waals surface area contributed by atoms with Crippen LogP contribution in [0.1, 0.15) is 25.7 Å². The molecule has 0 unspecified atom stereocenters. The summed E-state index contributed by atoms with van der Waals surface area (Å²) >= 11 is 0. The average molecular weight is 269 g/mol. The third-order valence-corrected chi connectivity index (χ3v) is 5.07. The number of sulfonamides is 1. The number of hydrogen-bond acceptors (Lipinski definition) is 4. The molecule has 1 aromatic heterocycles. The van der Waals surface area contributed by atoms with Crippen LogP contribution in [0.25, 0.3) is 0 Å². The van der Waals surface area contributed by atoms with Gasteiger partial charge in [0.15, 0.2) is 0 Å². The number of rotatable bonds is 5. The van der Waals surface area contributed by atoms with E-state index in [1.165, 1.54) is 6.20 Å². The SMILES string of the molecule is NCC1(CNS(=O)(=O)c2cccnc2)CCCC1. The van der Waals surface area contributed by atoms with Crippen molar-refractivity contribution in [1.82, 2.24) is 9.71 Å². The molecule has 0 radical (unpaired) electrons. The quantitative estimate of drug-likeness (QED) is 0.831. The maximum Gasteiger partial charge on any atom is 0.242 e. The lowest BCUT2D eigenvalue weighted by Crippen LogP contribution is -2.40. The molecule has 1 aliphatic carbocycles. The van der Waals surface area contributed by atoms with Gasteiger partial charge in [-0.1, -0.05) is 12.8 Å². The van der Waals surface area contributed by atoms with Crippen molar-refractivity contribution in [3.63, 3.8) is 0 Å². The van der Waals surface area contributed by atoms with Crippen molar-refractivity contribution in [2.45, 2.75) is 30.6 Å². The number of aromatic nitrogens is 1. The van der Waals surface area contributed by atoms with Gasteiger partial charge in [0.25, 0.3) is 0 Å². The maximum atomic E-state index is 12.1. The Morgan fingerprint density at radius 3 is 2.67 bits per heavy atom. The number of nitrogens with one attached hydrogen (secondary N) is 1. The fourth-order valence-electron chi connectivity index (χ4n) is 2.42. The van der Waals surface area contributed by atoms with Gasteiger partial charge in [-0.15, -0.1) is 0 Å². The Hall–Kier alpha value is -0.980. The number of nitrogens with two attached hydrogens (primary N) is 1. The highest BCUT2D eigenvalue weighted by Gasteiger charge is 2.33. The van der Waals surface area contributed by atoms with Gasteiger partial charge in [-0.05, 0) is 36.9 Å². The molecule has 0 saturated heterocycles. The van der Waals surface area contributed by atoms with Crippen LogP contribution in [0.4, 0.5) is 0 Å². The third-order valence-electron chi connectivity index (χ3n) is 3.68. The lowest BCUT2D eigenvalue weighted by atomic mass is 9.87. The summed E-state index contributed by atoms with van der Waals surface area (Å²) in [5.41, 5.74) is 5.73. The van der Waals surface area contributed by atoms with Crippen molar-refractivity contribution < 1.29 is 8.42 Å².